The fourth-order valence-electron chi connectivity index (χ4n) is 3.72. The number of allylic oxidation sites excluding steroid dienone is 1. The van der Waals surface area contributed by atoms with Crippen LogP contribution in [0.15, 0.2) is 88.4 Å². The number of phenolic OH excluding ortho intramolecular Hbond substituents is 1. The number of rotatable bonds is 6. The SMILES string of the molecule is C=C1/C(=N/N(N=O)c2cccc(-c3cccc(C(=O)O)c3)c2O)C(C)=NN1c1ccc(C)c(C)c1. The van der Waals surface area contributed by atoms with Gasteiger partial charge in [0.15, 0.2) is 5.75 Å². The first-order valence-electron chi connectivity index (χ1n) is 10.7. The van der Waals surface area contributed by atoms with Crippen LogP contribution in [-0.4, -0.2) is 27.6 Å². The van der Waals surface area contributed by atoms with Crippen molar-refractivity contribution in [3.63, 3.8) is 0 Å². The Labute approximate surface area is 201 Å². The van der Waals surface area contributed by atoms with E-state index in [-0.39, 0.29) is 17.0 Å². The Morgan fingerprint density at radius 3 is 2.46 bits per heavy atom. The van der Waals surface area contributed by atoms with E-state index >= 15 is 0 Å². The number of phenols is 1. The number of carbonyl (C=O) groups is 1. The van der Waals surface area contributed by atoms with Gasteiger partial charge in [0.2, 0.25) is 0 Å². The minimum Gasteiger partial charge on any atom is -0.505 e. The van der Waals surface area contributed by atoms with Crippen molar-refractivity contribution in [2.75, 3.05) is 10.1 Å². The predicted molar refractivity (Wildman–Crippen MR) is 137 cm³/mol. The quantitative estimate of drug-likeness (QED) is 0.357. The van der Waals surface area contributed by atoms with Crippen molar-refractivity contribution in [3.8, 4) is 16.9 Å². The second-order valence-corrected chi connectivity index (χ2v) is 8.09. The first-order chi connectivity index (χ1) is 16.7. The molecule has 0 radical (unpaired) electrons. The summed E-state index contributed by atoms with van der Waals surface area (Å²) < 4.78 is 0. The average molecular weight is 470 g/mol. The molecule has 1 aliphatic rings. The zero-order valence-corrected chi connectivity index (χ0v) is 19.4. The molecule has 0 aromatic heterocycles. The minimum atomic E-state index is -1.09. The second kappa shape index (κ2) is 9.22. The van der Waals surface area contributed by atoms with Crippen molar-refractivity contribution >= 4 is 28.8 Å². The van der Waals surface area contributed by atoms with E-state index < -0.39 is 5.97 Å². The molecule has 0 saturated heterocycles. The molecule has 0 amide bonds. The topological polar surface area (TPSA) is 118 Å². The Kier molecular flexibility index (Phi) is 6.16. The number of anilines is 2. The van der Waals surface area contributed by atoms with Gasteiger partial charge in [-0.15, -0.1) is 15.1 Å². The molecule has 0 aliphatic carbocycles. The van der Waals surface area contributed by atoms with Crippen LogP contribution in [0, 0.1) is 18.8 Å². The Hall–Kier alpha value is -4.79. The summed E-state index contributed by atoms with van der Waals surface area (Å²) in [6.07, 6.45) is 0. The van der Waals surface area contributed by atoms with Crippen LogP contribution in [0.1, 0.15) is 28.4 Å². The lowest BCUT2D eigenvalue weighted by Gasteiger charge is -2.18. The lowest BCUT2D eigenvalue weighted by Crippen LogP contribution is -2.19. The van der Waals surface area contributed by atoms with Crippen molar-refractivity contribution in [2.45, 2.75) is 20.8 Å². The predicted octanol–water partition coefficient (Wildman–Crippen LogP) is 5.63. The van der Waals surface area contributed by atoms with Crippen LogP contribution in [0.25, 0.3) is 11.1 Å². The first-order valence-corrected chi connectivity index (χ1v) is 10.7. The van der Waals surface area contributed by atoms with Crippen molar-refractivity contribution in [3.05, 3.63) is 94.5 Å². The van der Waals surface area contributed by atoms with E-state index in [2.05, 4.69) is 22.1 Å². The summed E-state index contributed by atoms with van der Waals surface area (Å²) >= 11 is 0. The minimum absolute atomic E-state index is 0.0240. The summed E-state index contributed by atoms with van der Waals surface area (Å²) in [7, 11) is 0. The Morgan fingerprint density at radius 2 is 1.77 bits per heavy atom. The molecule has 0 bridgehead atoms. The number of benzene rings is 3. The Bertz CT molecular complexity index is 1430. The van der Waals surface area contributed by atoms with Gasteiger partial charge in [-0.3, -0.25) is 0 Å². The molecule has 1 heterocycles. The molecular formula is C26H23N5O4. The van der Waals surface area contributed by atoms with Gasteiger partial charge in [0.25, 0.3) is 0 Å². The number of carboxylic acid groups (broad SMARTS) is 1. The lowest BCUT2D eigenvalue weighted by molar-refractivity contribution is 0.0697. The largest absolute Gasteiger partial charge is 0.505 e. The molecule has 0 atom stereocenters. The molecule has 1 aliphatic heterocycles. The van der Waals surface area contributed by atoms with Gasteiger partial charge in [0, 0.05) is 5.56 Å². The van der Waals surface area contributed by atoms with Gasteiger partial charge in [-0.25, -0.2) is 9.80 Å². The molecule has 0 fully saturated rings. The molecule has 3 aromatic rings. The van der Waals surface area contributed by atoms with E-state index in [1.54, 1.807) is 36.2 Å². The normalized spacial score (nSPS) is 14.3. The number of aromatic carboxylic acids is 1. The zero-order chi connectivity index (χ0) is 25.3. The molecule has 0 saturated carbocycles. The zero-order valence-electron chi connectivity index (χ0n) is 19.4. The van der Waals surface area contributed by atoms with Crippen molar-refractivity contribution in [2.24, 2.45) is 15.5 Å². The monoisotopic (exact) mass is 469 g/mol. The fraction of sp³-hybridized carbons (Fsp3) is 0.115. The summed E-state index contributed by atoms with van der Waals surface area (Å²) in [6.45, 7) is 9.84. The van der Waals surface area contributed by atoms with Crippen molar-refractivity contribution in [1.82, 2.24) is 0 Å². The summed E-state index contributed by atoms with van der Waals surface area (Å²) in [6, 6.07) is 16.7. The van der Waals surface area contributed by atoms with E-state index in [4.69, 9.17) is 0 Å². The third kappa shape index (κ3) is 4.39. The van der Waals surface area contributed by atoms with E-state index in [1.807, 2.05) is 32.0 Å². The van der Waals surface area contributed by atoms with Crippen LogP contribution in [-0.2, 0) is 0 Å². The molecule has 2 N–H and O–H groups in total. The highest BCUT2D eigenvalue weighted by atomic mass is 16.4. The molecule has 4 rings (SSSR count). The molecule has 35 heavy (non-hydrogen) atoms. The first kappa shape index (κ1) is 23.4. The highest BCUT2D eigenvalue weighted by Gasteiger charge is 2.27. The van der Waals surface area contributed by atoms with E-state index in [9.17, 15) is 19.9 Å². The molecule has 176 valence electrons. The highest BCUT2D eigenvalue weighted by Crippen LogP contribution is 2.38. The summed E-state index contributed by atoms with van der Waals surface area (Å²) in [5.74, 6) is -1.36. The smallest absolute Gasteiger partial charge is 0.335 e. The Morgan fingerprint density at radius 1 is 1.03 bits per heavy atom. The van der Waals surface area contributed by atoms with Gasteiger partial charge < -0.3 is 10.2 Å². The van der Waals surface area contributed by atoms with E-state index in [0.717, 1.165) is 21.9 Å². The molecular weight excluding hydrogens is 446 g/mol. The van der Waals surface area contributed by atoms with Crippen LogP contribution in [0.4, 0.5) is 11.4 Å². The Balaban J connectivity index is 1.71. The molecule has 3 aromatic carbocycles. The van der Waals surface area contributed by atoms with Crippen LogP contribution < -0.4 is 10.1 Å². The number of carboxylic acids is 1. The number of nitrogens with zero attached hydrogens (tertiary/aromatic N) is 5. The van der Waals surface area contributed by atoms with Crippen LogP contribution in [0.3, 0.4) is 0 Å². The third-order valence-corrected chi connectivity index (χ3v) is 5.78. The second-order valence-electron chi connectivity index (χ2n) is 8.09. The van der Waals surface area contributed by atoms with Gasteiger partial charge in [0.05, 0.1) is 27.9 Å². The van der Waals surface area contributed by atoms with Gasteiger partial charge in [0.1, 0.15) is 11.4 Å². The summed E-state index contributed by atoms with van der Waals surface area (Å²) in [5, 5.41) is 34.5. The van der Waals surface area contributed by atoms with Crippen molar-refractivity contribution < 1.29 is 15.0 Å². The highest BCUT2D eigenvalue weighted by molar-refractivity contribution is 6.50. The number of nitroso groups, excluding NO2 is 1. The van der Waals surface area contributed by atoms with Crippen LogP contribution in [0.5, 0.6) is 5.75 Å². The third-order valence-electron chi connectivity index (χ3n) is 5.78. The van der Waals surface area contributed by atoms with E-state index in [0.29, 0.717) is 28.2 Å². The molecule has 0 spiro atoms. The average Bonchev–Trinajstić information content (AvgIpc) is 3.12. The van der Waals surface area contributed by atoms with Gasteiger partial charge in [-0.05, 0) is 67.8 Å². The maximum Gasteiger partial charge on any atom is 0.335 e. The van der Waals surface area contributed by atoms with Crippen molar-refractivity contribution in [1.29, 1.82) is 0 Å². The van der Waals surface area contributed by atoms with E-state index in [1.165, 1.54) is 18.2 Å². The van der Waals surface area contributed by atoms with Gasteiger partial charge in [-0.2, -0.15) is 5.10 Å². The summed E-state index contributed by atoms with van der Waals surface area (Å²) in [4.78, 5) is 23.1. The number of aromatic hydroxyl groups is 1. The maximum atomic E-state index is 11.8. The summed E-state index contributed by atoms with van der Waals surface area (Å²) in [5.41, 5.74) is 5.23. The van der Waals surface area contributed by atoms with Gasteiger partial charge >= 0.3 is 5.97 Å². The number of para-hydroxylation sites is 1. The maximum absolute atomic E-state index is 11.8. The molecule has 9 nitrogen and oxygen atoms in total. The lowest BCUT2D eigenvalue weighted by atomic mass is 10.0. The fourth-order valence-corrected chi connectivity index (χ4v) is 3.72. The number of hydrogen-bond donors (Lipinski definition) is 2. The van der Waals surface area contributed by atoms with Crippen LogP contribution >= 0.6 is 0 Å². The number of hydrazone groups is 2. The molecule has 9 heteroatoms. The number of aryl methyl sites for hydroxylation is 2. The standard InChI is InChI=1S/C26H23N5O4/c1-15-11-12-21(13-16(15)2)30-18(4)24(17(3)27-30)28-31(29-35)23-10-6-9-22(25(23)32)19-7-5-8-20(14-19)26(33)34/h5-14,32H,4H2,1-3H3,(H,33,34)/b28-24+. The molecule has 0 unspecified atom stereocenters. The van der Waals surface area contributed by atoms with Gasteiger partial charge in [-0.1, -0.05) is 36.9 Å². The number of hydrogen-bond acceptors (Lipinski definition) is 7. The van der Waals surface area contributed by atoms with Crippen LogP contribution in [0.2, 0.25) is 0 Å².